The SMILES string of the molecule is Cc1c(Cl)cccc1NC(=S)Nc1ccc2ccccc2c1. The number of hydrogen-bond donors (Lipinski definition) is 2. The van der Waals surface area contributed by atoms with Crippen molar-refractivity contribution in [3.05, 3.63) is 71.2 Å². The zero-order valence-corrected chi connectivity index (χ0v) is 13.6. The van der Waals surface area contributed by atoms with E-state index in [4.69, 9.17) is 23.8 Å². The highest BCUT2D eigenvalue weighted by Crippen LogP contribution is 2.23. The van der Waals surface area contributed by atoms with Gasteiger partial charge in [0.05, 0.1) is 0 Å². The van der Waals surface area contributed by atoms with Crippen molar-refractivity contribution in [2.45, 2.75) is 6.92 Å². The van der Waals surface area contributed by atoms with Gasteiger partial charge in [0.15, 0.2) is 5.11 Å². The molecule has 3 rings (SSSR count). The van der Waals surface area contributed by atoms with Crippen LogP contribution in [0.1, 0.15) is 5.56 Å². The molecule has 22 heavy (non-hydrogen) atoms. The molecule has 4 heteroatoms. The number of benzene rings is 3. The third-order valence-corrected chi connectivity index (χ3v) is 4.14. The molecular weight excluding hydrogens is 312 g/mol. The molecule has 0 aliphatic rings. The van der Waals surface area contributed by atoms with Gasteiger partial charge in [0.1, 0.15) is 0 Å². The molecule has 0 heterocycles. The Morgan fingerprint density at radius 2 is 1.68 bits per heavy atom. The van der Waals surface area contributed by atoms with Crippen LogP contribution in [-0.4, -0.2) is 5.11 Å². The maximum atomic E-state index is 6.12. The predicted molar refractivity (Wildman–Crippen MR) is 100.0 cm³/mol. The molecule has 0 aliphatic heterocycles. The van der Waals surface area contributed by atoms with Crippen LogP contribution in [0.5, 0.6) is 0 Å². The van der Waals surface area contributed by atoms with Crippen LogP contribution >= 0.6 is 23.8 Å². The Bertz CT molecular complexity index is 845. The summed E-state index contributed by atoms with van der Waals surface area (Å²) in [5.41, 5.74) is 2.84. The highest BCUT2D eigenvalue weighted by molar-refractivity contribution is 7.80. The third-order valence-electron chi connectivity index (χ3n) is 3.52. The normalized spacial score (nSPS) is 10.5. The summed E-state index contributed by atoms with van der Waals surface area (Å²) >= 11 is 11.5. The molecule has 0 atom stereocenters. The van der Waals surface area contributed by atoms with E-state index in [9.17, 15) is 0 Å². The van der Waals surface area contributed by atoms with E-state index in [0.29, 0.717) is 5.11 Å². The van der Waals surface area contributed by atoms with Gasteiger partial charge in [-0.15, -0.1) is 0 Å². The predicted octanol–water partition coefficient (Wildman–Crippen LogP) is 5.61. The van der Waals surface area contributed by atoms with Crippen LogP contribution < -0.4 is 10.6 Å². The van der Waals surface area contributed by atoms with Crippen molar-refractivity contribution in [2.75, 3.05) is 10.6 Å². The number of anilines is 2. The second-order valence-corrected chi connectivity index (χ2v) is 5.87. The molecule has 0 bridgehead atoms. The monoisotopic (exact) mass is 326 g/mol. The van der Waals surface area contributed by atoms with Gasteiger partial charge in [-0.05, 0) is 59.7 Å². The van der Waals surface area contributed by atoms with Gasteiger partial charge < -0.3 is 10.6 Å². The molecule has 0 saturated carbocycles. The summed E-state index contributed by atoms with van der Waals surface area (Å²) in [6.45, 7) is 1.96. The van der Waals surface area contributed by atoms with Crippen molar-refractivity contribution >= 4 is 51.1 Å². The van der Waals surface area contributed by atoms with E-state index in [0.717, 1.165) is 22.0 Å². The van der Waals surface area contributed by atoms with Crippen LogP contribution in [0.3, 0.4) is 0 Å². The van der Waals surface area contributed by atoms with Crippen molar-refractivity contribution in [1.82, 2.24) is 0 Å². The largest absolute Gasteiger partial charge is 0.332 e. The lowest BCUT2D eigenvalue weighted by Crippen LogP contribution is -2.19. The van der Waals surface area contributed by atoms with Crippen molar-refractivity contribution in [2.24, 2.45) is 0 Å². The Labute approximate surface area is 140 Å². The van der Waals surface area contributed by atoms with Crippen molar-refractivity contribution in [3.63, 3.8) is 0 Å². The number of nitrogens with one attached hydrogen (secondary N) is 2. The lowest BCUT2D eigenvalue weighted by atomic mass is 10.1. The first kappa shape index (κ1) is 14.8. The first-order valence-electron chi connectivity index (χ1n) is 6.95. The van der Waals surface area contributed by atoms with Crippen LogP contribution in [0.15, 0.2) is 60.7 Å². The molecule has 110 valence electrons. The molecule has 3 aromatic carbocycles. The average molecular weight is 327 g/mol. The Morgan fingerprint density at radius 1 is 0.909 bits per heavy atom. The van der Waals surface area contributed by atoms with Gasteiger partial charge in [-0.1, -0.05) is 48.0 Å². The van der Waals surface area contributed by atoms with Crippen molar-refractivity contribution in [3.8, 4) is 0 Å². The second-order valence-electron chi connectivity index (χ2n) is 5.05. The van der Waals surface area contributed by atoms with Crippen LogP contribution in [0, 0.1) is 6.92 Å². The first-order valence-corrected chi connectivity index (χ1v) is 7.74. The maximum absolute atomic E-state index is 6.12. The zero-order chi connectivity index (χ0) is 15.5. The molecule has 0 amide bonds. The van der Waals surface area contributed by atoms with Crippen LogP contribution in [0.2, 0.25) is 5.02 Å². The van der Waals surface area contributed by atoms with E-state index in [1.54, 1.807) is 0 Å². The van der Waals surface area contributed by atoms with E-state index >= 15 is 0 Å². The van der Waals surface area contributed by atoms with Gasteiger partial charge in [-0.3, -0.25) is 0 Å². The molecule has 0 unspecified atom stereocenters. The van der Waals surface area contributed by atoms with E-state index in [-0.39, 0.29) is 0 Å². The number of rotatable bonds is 2. The van der Waals surface area contributed by atoms with Gasteiger partial charge in [0.25, 0.3) is 0 Å². The van der Waals surface area contributed by atoms with E-state index in [1.807, 2.05) is 43.3 Å². The lowest BCUT2D eigenvalue weighted by molar-refractivity contribution is 1.45. The molecule has 0 spiro atoms. The first-order chi connectivity index (χ1) is 10.6. The van der Waals surface area contributed by atoms with Crippen LogP contribution in [-0.2, 0) is 0 Å². The summed E-state index contributed by atoms with van der Waals surface area (Å²) in [7, 11) is 0. The van der Waals surface area contributed by atoms with Crippen LogP contribution in [0.25, 0.3) is 10.8 Å². The summed E-state index contributed by atoms with van der Waals surface area (Å²) in [5, 5.41) is 10.0. The Balaban J connectivity index is 1.76. The fourth-order valence-corrected chi connectivity index (χ4v) is 2.70. The minimum atomic E-state index is 0.542. The molecule has 0 fully saturated rings. The topological polar surface area (TPSA) is 24.1 Å². The minimum Gasteiger partial charge on any atom is -0.332 e. The minimum absolute atomic E-state index is 0.542. The number of hydrogen-bond acceptors (Lipinski definition) is 1. The molecular formula is C18H15ClN2S. The molecule has 0 aliphatic carbocycles. The average Bonchev–Trinajstić information content (AvgIpc) is 2.52. The van der Waals surface area contributed by atoms with Crippen molar-refractivity contribution < 1.29 is 0 Å². The number of thiocarbonyl (C=S) groups is 1. The molecule has 2 N–H and O–H groups in total. The van der Waals surface area contributed by atoms with Crippen LogP contribution in [0.4, 0.5) is 11.4 Å². The summed E-state index contributed by atoms with van der Waals surface area (Å²) in [6.07, 6.45) is 0. The fourth-order valence-electron chi connectivity index (χ4n) is 2.29. The van der Waals surface area contributed by atoms with E-state index in [1.165, 1.54) is 10.8 Å². The highest BCUT2D eigenvalue weighted by atomic mass is 35.5. The molecule has 0 radical (unpaired) electrons. The van der Waals surface area contributed by atoms with Gasteiger partial charge in [0.2, 0.25) is 0 Å². The summed E-state index contributed by atoms with van der Waals surface area (Å²) in [6, 6.07) is 20.1. The quantitative estimate of drug-likeness (QED) is 0.598. The van der Waals surface area contributed by atoms with E-state index in [2.05, 4.69) is 34.9 Å². The summed E-state index contributed by atoms with van der Waals surface area (Å²) < 4.78 is 0. The highest BCUT2D eigenvalue weighted by Gasteiger charge is 2.04. The Morgan fingerprint density at radius 3 is 2.50 bits per heavy atom. The molecule has 0 saturated heterocycles. The second kappa shape index (κ2) is 6.34. The third kappa shape index (κ3) is 3.21. The van der Waals surface area contributed by atoms with Gasteiger partial charge in [0, 0.05) is 16.4 Å². The number of fused-ring (bicyclic) bond motifs is 1. The maximum Gasteiger partial charge on any atom is 0.175 e. The lowest BCUT2D eigenvalue weighted by Gasteiger charge is -2.13. The van der Waals surface area contributed by atoms with Crippen molar-refractivity contribution in [1.29, 1.82) is 0 Å². The zero-order valence-electron chi connectivity index (χ0n) is 12.1. The number of halogens is 1. The molecule has 2 nitrogen and oxygen atoms in total. The summed E-state index contributed by atoms with van der Waals surface area (Å²) in [5.74, 6) is 0. The summed E-state index contributed by atoms with van der Waals surface area (Å²) in [4.78, 5) is 0. The van der Waals surface area contributed by atoms with Gasteiger partial charge in [-0.2, -0.15) is 0 Å². The van der Waals surface area contributed by atoms with Gasteiger partial charge >= 0.3 is 0 Å². The Hall–Kier alpha value is -2.10. The Kier molecular flexibility index (Phi) is 4.27. The fraction of sp³-hybridized carbons (Fsp3) is 0.0556. The smallest absolute Gasteiger partial charge is 0.175 e. The molecule has 0 aromatic heterocycles. The standard InChI is InChI=1S/C18H15ClN2S/c1-12-16(19)7-4-8-17(12)21-18(22)20-15-10-9-13-5-2-3-6-14(13)11-15/h2-11H,1H3,(H2,20,21,22). The molecule has 3 aromatic rings. The van der Waals surface area contributed by atoms with E-state index < -0.39 is 0 Å². The van der Waals surface area contributed by atoms with Gasteiger partial charge in [-0.25, -0.2) is 0 Å².